The number of benzene rings is 1. The Kier molecular flexibility index (Phi) is 8.71. The highest BCUT2D eigenvalue weighted by molar-refractivity contribution is 5.75. The maximum absolute atomic E-state index is 11.9. The van der Waals surface area contributed by atoms with Crippen LogP contribution in [0.15, 0.2) is 24.3 Å². The Balaban J connectivity index is 2.43. The van der Waals surface area contributed by atoms with E-state index in [1.165, 1.54) is 38.1 Å². The summed E-state index contributed by atoms with van der Waals surface area (Å²) in [5, 5.41) is 2.60. The molecule has 2 rings (SSSR count). The highest BCUT2D eigenvalue weighted by Gasteiger charge is 2.51. The second kappa shape index (κ2) is 11.2. The summed E-state index contributed by atoms with van der Waals surface area (Å²) in [4.78, 5) is 57.6. The fourth-order valence-electron chi connectivity index (χ4n) is 3.15. The highest BCUT2D eigenvalue weighted by Crippen LogP contribution is 2.29. The molecule has 11 nitrogen and oxygen atoms in total. The van der Waals surface area contributed by atoms with E-state index < -0.39 is 54.5 Å². The molecule has 1 amide bonds. The van der Waals surface area contributed by atoms with Gasteiger partial charge in [-0.05, 0) is 24.3 Å². The second-order valence-corrected chi connectivity index (χ2v) is 7.02. The van der Waals surface area contributed by atoms with Crippen LogP contribution in [-0.4, -0.2) is 67.4 Å². The van der Waals surface area contributed by atoms with Crippen LogP contribution in [0, 0.1) is 0 Å². The third-order valence-corrected chi connectivity index (χ3v) is 4.34. The lowest BCUT2D eigenvalue weighted by molar-refractivity contribution is -0.257. The monoisotopic (exact) mass is 451 g/mol. The van der Waals surface area contributed by atoms with Crippen molar-refractivity contribution in [2.45, 2.75) is 58.3 Å². The Morgan fingerprint density at radius 2 is 1.53 bits per heavy atom. The Bertz CT molecular complexity index is 853. The van der Waals surface area contributed by atoms with E-state index in [-0.39, 0.29) is 12.4 Å². The van der Waals surface area contributed by atoms with Gasteiger partial charge in [0.05, 0.1) is 0 Å². The maximum atomic E-state index is 11.9. The number of hydrogen-bond acceptors (Lipinski definition) is 10. The van der Waals surface area contributed by atoms with Crippen molar-refractivity contribution in [2.24, 2.45) is 0 Å². The van der Waals surface area contributed by atoms with E-state index in [4.69, 9.17) is 23.7 Å². The molecule has 0 saturated carbocycles. The van der Waals surface area contributed by atoms with Gasteiger partial charge in [-0.1, -0.05) is 0 Å². The summed E-state index contributed by atoms with van der Waals surface area (Å²) in [5.41, 5.74) is 0.417. The van der Waals surface area contributed by atoms with Crippen LogP contribution in [0.5, 0.6) is 5.75 Å². The first-order chi connectivity index (χ1) is 15.1. The molecule has 1 aromatic carbocycles. The first kappa shape index (κ1) is 24.8. The standard InChI is InChI=1S/C21H25NO10/c1-11(24)22-18-20(30-14(4)27)19(29-13(3)26)17(10-28-12(2)25)32-21(18)31-16-7-5-15(9-23)6-8-16/h5-9,17-21H,10H2,1-4H3,(H,22,24)/t17-,18+,19+,20+,21+/m0/s1. The first-order valence-electron chi connectivity index (χ1n) is 9.73. The van der Waals surface area contributed by atoms with Crippen molar-refractivity contribution < 1.29 is 47.7 Å². The van der Waals surface area contributed by atoms with E-state index in [0.717, 1.165) is 13.8 Å². The number of rotatable bonds is 8. The molecule has 1 aliphatic rings. The molecule has 1 aliphatic heterocycles. The molecular formula is C21H25NO10. The molecule has 0 radical (unpaired) electrons. The number of carbonyl (C=O) groups excluding carboxylic acids is 5. The summed E-state index contributed by atoms with van der Waals surface area (Å²) >= 11 is 0. The van der Waals surface area contributed by atoms with Crippen molar-refractivity contribution in [1.82, 2.24) is 5.32 Å². The molecule has 1 saturated heterocycles. The van der Waals surface area contributed by atoms with Crippen molar-refractivity contribution in [2.75, 3.05) is 6.61 Å². The predicted molar refractivity (Wildman–Crippen MR) is 106 cm³/mol. The molecule has 1 fully saturated rings. The van der Waals surface area contributed by atoms with Crippen LogP contribution in [0.4, 0.5) is 0 Å². The van der Waals surface area contributed by atoms with Crippen molar-refractivity contribution in [3.05, 3.63) is 29.8 Å². The number of nitrogens with one attached hydrogen (secondary N) is 1. The smallest absolute Gasteiger partial charge is 0.303 e. The summed E-state index contributed by atoms with van der Waals surface area (Å²) in [6.07, 6.45) is -4.05. The minimum Gasteiger partial charge on any atom is -0.463 e. The maximum Gasteiger partial charge on any atom is 0.303 e. The Morgan fingerprint density at radius 1 is 0.938 bits per heavy atom. The number of amides is 1. The van der Waals surface area contributed by atoms with Gasteiger partial charge in [0, 0.05) is 33.3 Å². The van der Waals surface area contributed by atoms with Crippen LogP contribution in [-0.2, 0) is 38.1 Å². The van der Waals surface area contributed by atoms with E-state index in [1.54, 1.807) is 0 Å². The quantitative estimate of drug-likeness (QED) is 0.338. The van der Waals surface area contributed by atoms with Crippen LogP contribution in [0.2, 0.25) is 0 Å². The topological polar surface area (TPSA) is 144 Å². The molecule has 1 aromatic rings. The Morgan fingerprint density at radius 3 is 2.03 bits per heavy atom. The average Bonchev–Trinajstić information content (AvgIpc) is 2.70. The number of esters is 3. The summed E-state index contributed by atoms with van der Waals surface area (Å²) in [6.45, 7) is 4.41. The first-order valence-corrected chi connectivity index (χ1v) is 9.73. The summed E-state index contributed by atoms with van der Waals surface area (Å²) < 4.78 is 27.4. The van der Waals surface area contributed by atoms with Gasteiger partial charge in [-0.25, -0.2) is 0 Å². The molecule has 5 atom stereocenters. The van der Waals surface area contributed by atoms with Gasteiger partial charge in [0.25, 0.3) is 0 Å². The molecular weight excluding hydrogens is 426 g/mol. The van der Waals surface area contributed by atoms with Gasteiger partial charge >= 0.3 is 17.9 Å². The minimum absolute atomic E-state index is 0.287. The molecule has 0 aliphatic carbocycles. The summed E-state index contributed by atoms with van der Waals surface area (Å²) in [5.74, 6) is -2.21. The van der Waals surface area contributed by atoms with E-state index in [9.17, 15) is 24.0 Å². The van der Waals surface area contributed by atoms with Crippen LogP contribution in [0.25, 0.3) is 0 Å². The van der Waals surface area contributed by atoms with E-state index in [0.29, 0.717) is 11.8 Å². The van der Waals surface area contributed by atoms with Gasteiger partial charge < -0.3 is 29.0 Å². The zero-order chi connectivity index (χ0) is 23.8. The average molecular weight is 451 g/mol. The Labute approximate surface area is 184 Å². The molecule has 1 heterocycles. The van der Waals surface area contributed by atoms with Gasteiger partial charge in [-0.2, -0.15) is 0 Å². The van der Waals surface area contributed by atoms with E-state index in [2.05, 4.69) is 5.32 Å². The van der Waals surface area contributed by atoms with E-state index in [1.807, 2.05) is 0 Å². The third kappa shape index (κ3) is 7.05. The minimum atomic E-state index is -1.22. The molecule has 0 bridgehead atoms. The zero-order valence-electron chi connectivity index (χ0n) is 18.1. The van der Waals surface area contributed by atoms with Gasteiger partial charge in [0.15, 0.2) is 12.2 Å². The molecule has 0 unspecified atom stereocenters. The molecule has 0 aromatic heterocycles. The lowest BCUT2D eigenvalue weighted by Crippen LogP contribution is -2.67. The normalized spacial score (nSPS) is 24.6. The predicted octanol–water partition coefficient (Wildman–Crippen LogP) is 0.534. The van der Waals surface area contributed by atoms with Crippen molar-refractivity contribution in [3.63, 3.8) is 0 Å². The van der Waals surface area contributed by atoms with Crippen molar-refractivity contribution >= 4 is 30.1 Å². The van der Waals surface area contributed by atoms with Crippen molar-refractivity contribution in [3.8, 4) is 5.75 Å². The molecule has 1 N–H and O–H groups in total. The van der Waals surface area contributed by atoms with Crippen LogP contribution < -0.4 is 10.1 Å². The summed E-state index contributed by atoms with van der Waals surface area (Å²) in [7, 11) is 0. The lowest BCUT2D eigenvalue weighted by atomic mass is 9.96. The molecule has 32 heavy (non-hydrogen) atoms. The van der Waals surface area contributed by atoms with Gasteiger partial charge in [-0.15, -0.1) is 0 Å². The number of carbonyl (C=O) groups is 5. The molecule has 0 spiro atoms. The fraction of sp³-hybridized carbons (Fsp3) is 0.476. The van der Waals surface area contributed by atoms with Crippen molar-refractivity contribution in [1.29, 1.82) is 0 Å². The Hall–Kier alpha value is -3.47. The van der Waals surface area contributed by atoms with Crippen LogP contribution in [0.3, 0.4) is 0 Å². The van der Waals surface area contributed by atoms with Gasteiger partial charge in [0.1, 0.15) is 30.8 Å². The third-order valence-electron chi connectivity index (χ3n) is 4.34. The van der Waals surface area contributed by atoms with Crippen LogP contribution >= 0.6 is 0 Å². The number of aldehydes is 1. The second-order valence-electron chi connectivity index (χ2n) is 7.02. The summed E-state index contributed by atoms with van der Waals surface area (Å²) in [6, 6.07) is 4.97. The van der Waals surface area contributed by atoms with E-state index >= 15 is 0 Å². The highest BCUT2D eigenvalue weighted by atomic mass is 16.7. The largest absolute Gasteiger partial charge is 0.463 e. The number of ether oxygens (including phenoxy) is 5. The zero-order valence-corrected chi connectivity index (χ0v) is 18.1. The van der Waals surface area contributed by atoms with Gasteiger partial charge in [0.2, 0.25) is 12.2 Å². The lowest BCUT2D eigenvalue weighted by Gasteiger charge is -2.44. The fourth-order valence-corrected chi connectivity index (χ4v) is 3.15. The molecule has 174 valence electrons. The van der Waals surface area contributed by atoms with Gasteiger partial charge in [-0.3, -0.25) is 24.0 Å². The SMILES string of the molecule is CC(=O)N[C@H]1[C@H](Oc2ccc(C=O)cc2)O[C@@H](COC(C)=O)[C@@H](OC(C)=O)[C@@H]1OC(C)=O. The molecule has 11 heteroatoms. The van der Waals surface area contributed by atoms with Crippen LogP contribution in [0.1, 0.15) is 38.1 Å². The number of hydrogen-bond donors (Lipinski definition) is 1.